The molecular formula is C28H39N5O5S. The summed E-state index contributed by atoms with van der Waals surface area (Å²) in [6.07, 6.45) is 4.76. The minimum Gasteiger partial charge on any atom is -0.395 e. The Balaban J connectivity index is 1.44. The van der Waals surface area contributed by atoms with E-state index in [9.17, 15) is 13.2 Å². The first-order chi connectivity index (χ1) is 18.6. The minimum atomic E-state index is -3.71. The monoisotopic (exact) mass is 557 g/mol. The second-order valence-electron chi connectivity index (χ2n) is 11.3. The highest BCUT2D eigenvalue weighted by Crippen LogP contribution is 2.54. The fraction of sp³-hybridized carbons (Fsp3) is 0.571. The highest BCUT2D eigenvalue weighted by Gasteiger charge is 2.44. The number of anilines is 4. The van der Waals surface area contributed by atoms with Crippen LogP contribution in [0.25, 0.3) is 0 Å². The van der Waals surface area contributed by atoms with Crippen molar-refractivity contribution in [2.45, 2.75) is 52.6 Å². The number of nitrogens with one attached hydrogen (secondary N) is 2. The molecule has 1 aromatic carbocycles. The van der Waals surface area contributed by atoms with Crippen LogP contribution in [0.15, 0.2) is 24.3 Å². The molecule has 5 rings (SSSR count). The summed E-state index contributed by atoms with van der Waals surface area (Å²) < 4.78 is 33.0. The molecule has 1 saturated carbocycles. The molecule has 3 N–H and O–H groups in total. The van der Waals surface area contributed by atoms with Crippen LogP contribution in [0.5, 0.6) is 0 Å². The van der Waals surface area contributed by atoms with E-state index in [4.69, 9.17) is 14.8 Å². The SMILES string of the molecule is Cc1cc(NC(=O)c2c(C)cc(NS(=O)(=O)CCO)cc2N2CCC3(CC2)CC3)nc(N2CCO[C@H](C)C2)c1. The predicted molar refractivity (Wildman–Crippen MR) is 153 cm³/mol. The maximum absolute atomic E-state index is 13.8. The molecule has 1 amide bonds. The number of ether oxygens (including phenoxy) is 1. The Kier molecular flexibility index (Phi) is 7.76. The number of morpholine rings is 1. The van der Waals surface area contributed by atoms with Crippen molar-refractivity contribution < 1.29 is 23.1 Å². The third kappa shape index (κ3) is 6.47. The number of nitrogens with zero attached hydrogens (tertiary/aromatic N) is 3. The number of pyridine rings is 1. The van der Waals surface area contributed by atoms with Crippen molar-refractivity contribution in [2.24, 2.45) is 5.41 Å². The van der Waals surface area contributed by atoms with Gasteiger partial charge in [0.05, 0.1) is 42.0 Å². The van der Waals surface area contributed by atoms with Crippen molar-refractivity contribution in [1.29, 1.82) is 0 Å². The van der Waals surface area contributed by atoms with Gasteiger partial charge >= 0.3 is 0 Å². The van der Waals surface area contributed by atoms with Crippen LogP contribution >= 0.6 is 0 Å². The first-order valence-corrected chi connectivity index (χ1v) is 15.4. The van der Waals surface area contributed by atoms with Crippen LogP contribution in [0, 0.1) is 19.3 Å². The molecule has 212 valence electrons. The van der Waals surface area contributed by atoms with Crippen molar-refractivity contribution in [3.8, 4) is 0 Å². The Hall–Kier alpha value is -2.89. The first-order valence-electron chi connectivity index (χ1n) is 13.7. The maximum Gasteiger partial charge on any atom is 0.259 e. The standard InChI is InChI=1S/C28H39N5O5S/c1-19-14-24(29-25(15-19)33-10-12-38-21(3)18-33)30-27(35)26-20(2)16-22(31-39(36,37)13-11-34)17-23(26)32-8-6-28(4-5-28)7-9-32/h14-17,21,31,34H,4-13,18H2,1-3H3,(H,29,30,35)/t21-/m1/s1. The topological polar surface area (TPSA) is 124 Å². The molecule has 39 heavy (non-hydrogen) atoms. The zero-order valence-corrected chi connectivity index (χ0v) is 23.8. The van der Waals surface area contributed by atoms with Gasteiger partial charge < -0.3 is 25.0 Å². The van der Waals surface area contributed by atoms with Gasteiger partial charge in [0.15, 0.2) is 0 Å². The van der Waals surface area contributed by atoms with E-state index in [1.54, 1.807) is 12.1 Å². The molecule has 1 atom stereocenters. The summed E-state index contributed by atoms with van der Waals surface area (Å²) in [4.78, 5) is 22.9. The first kappa shape index (κ1) is 27.7. The van der Waals surface area contributed by atoms with Crippen LogP contribution in [0.4, 0.5) is 23.0 Å². The summed E-state index contributed by atoms with van der Waals surface area (Å²) >= 11 is 0. The number of piperidine rings is 1. The number of carbonyl (C=O) groups excluding carboxylic acids is 1. The molecule has 2 saturated heterocycles. The van der Waals surface area contributed by atoms with Crippen LogP contribution < -0.4 is 19.8 Å². The van der Waals surface area contributed by atoms with Gasteiger partial charge in [-0.25, -0.2) is 13.4 Å². The van der Waals surface area contributed by atoms with Crippen LogP contribution in [0.3, 0.4) is 0 Å². The number of aliphatic hydroxyl groups is 1. The molecule has 11 heteroatoms. The smallest absolute Gasteiger partial charge is 0.259 e. The molecule has 0 bridgehead atoms. The summed E-state index contributed by atoms with van der Waals surface area (Å²) in [6.45, 7) is 9.10. The van der Waals surface area contributed by atoms with E-state index in [0.717, 1.165) is 50.4 Å². The van der Waals surface area contributed by atoms with Crippen molar-refractivity contribution in [3.63, 3.8) is 0 Å². The molecular weight excluding hydrogens is 518 g/mol. The number of aromatic nitrogens is 1. The average Bonchev–Trinajstić information content (AvgIpc) is 3.62. The van der Waals surface area contributed by atoms with Crippen LogP contribution in [0.1, 0.15) is 54.1 Å². The summed E-state index contributed by atoms with van der Waals surface area (Å²) in [5.41, 5.74) is 3.71. The third-order valence-corrected chi connectivity index (χ3v) is 9.33. The van der Waals surface area contributed by atoms with Crippen molar-refractivity contribution in [3.05, 3.63) is 41.0 Å². The van der Waals surface area contributed by atoms with E-state index in [-0.39, 0.29) is 17.8 Å². The average molecular weight is 558 g/mol. The number of rotatable bonds is 8. The number of benzene rings is 1. The van der Waals surface area contributed by atoms with Crippen molar-refractivity contribution in [2.75, 3.05) is 65.0 Å². The Morgan fingerprint density at radius 2 is 1.85 bits per heavy atom. The van der Waals surface area contributed by atoms with E-state index >= 15 is 0 Å². The van der Waals surface area contributed by atoms with Crippen LogP contribution in [-0.2, 0) is 14.8 Å². The molecule has 2 aromatic rings. The highest BCUT2D eigenvalue weighted by molar-refractivity contribution is 7.92. The number of hydrogen-bond acceptors (Lipinski definition) is 8. The van der Waals surface area contributed by atoms with Gasteiger partial charge in [0, 0.05) is 26.2 Å². The Bertz CT molecular complexity index is 1330. The number of amides is 1. The summed E-state index contributed by atoms with van der Waals surface area (Å²) in [7, 11) is -3.71. The van der Waals surface area contributed by atoms with Gasteiger partial charge in [-0.1, -0.05) is 0 Å². The lowest BCUT2D eigenvalue weighted by Gasteiger charge is -2.35. The molecule has 3 fully saturated rings. The van der Waals surface area contributed by atoms with Gasteiger partial charge in [-0.05, 0) is 87.3 Å². The molecule has 0 radical (unpaired) electrons. The Labute approximate surface area is 230 Å². The zero-order chi connectivity index (χ0) is 27.8. The fourth-order valence-corrected chi connectivity index (χ4v) is 6.52. The minimum absolute atomic E-state index is 0.108. The van der Waals surface area contributed by atoms with Crippen molar-refractivity contribution in [1.82, 2.24) is 4.98 Å². The summed E-state index contributed by atoms with van der Waals surface area (Å²) in [5, 5.41) is 12.2. The van der Waals surface area contributed by atoms with Crippen molar-refractivity contribution >= 4 is 38.9 Å². The van der Waals surface area contributed by atoms with Gasteiger partial charge in [0.2, 0.25) is 10.0 Å². The van der Waals surface area contributed by atoms with E-state index in [2.05, 4.69) is 19.8 Å². The molecule has 3 aliphatic rings. The fourth-order valence-electron chi connectivity index (χ4n) is 5.70. The lowest BCUT2D eigenvalue weighted by Crippen LogP contribution is -2.41. The van der Waals surface area contributed by atoms with Gasteiger partial charge in [-0.15, -0.1) is 0 Å². The molecule has 1 aliphatic carbocycles. The van der Waals surface area contributed by atoms with Gasteiger partial charge in [-0.3, -0.25) is 9.52 Å². The van der Waals surface area contributed by atoms with E-state index in [0.29, 0.717) is 40.3 Å². The van der Waals surface area contributed by atoms with Gasteiger partial charge in [0.25, 0.3) is 5.91 Å². The predicted octanol–water partition coefficient (Wildman–Crippen LogP) is 3.29. The lowest BCUT2D eigenvalue weighted by atomic mass is 9.92. The number of sulfonamides is 1. The molecule has 0 unspecified atom stereocenters. The number of hydrogen-bond donors (Lipinski definition) is 3. The van der Waals surface area contributed by atoms with E-state index < -0.39 is 16.6 Å². The maximum atomic E-state index is 13.8. The Morgan fingerprint density at radius 3 is 2.51 bits per heavy atom. The zero-order valence-electron chi connectivity index (χ0n) is 23.0. The van der Waals surface area contributed by atoms with Crippen LogP contribution in [-0.4, -0.2) is 75.7 Å². The Morgan fingerprint density at radius 1 is 1.10 bits per heavy atom. The van der Waals surface area contributed by atoms with E-state index in [1.807, 2.05) is 32.9 Å². The number of aliphatic hydroxyl groups excluding tert-OH is 1. The largest absolute Gasteiger partial charge is 0.395 e. The third-order valence-electron chi connectivity index (χ3n) is 8.06. The van der Waals surface area contributed by atoms with E-state index in [1.165, 1.54) is 12.8 Å². The molecule has 2 aliphatic heterocycles. The molecule has 3 heterocycles. The summed E-state index contributed by atoms with van der Waals surface area (Å²) in [5.74, 6) is 0.608. The molecule has 1 spiro atoms. The highest BCUT2D eigenvalue weighted by atomic mass is 32.2. The molecule has 1 aromatic heterocycles. The lowest BCUT2D eigenvalue weighted by molar-refractivity contribution is 0.0529. The normalized spacial score (nSPS) is 20.7. The number of aryl methyl sites for hydroxylation is 2. The van der Waals surface area contributed by atoms with Gasteiger partial charge in [0.1, 0.15) is 11.6 Å². The quantitative estimate of drug-likeness (QED) is 0.452. The number of carbonyl (C=O) groups is 1. The second-order valence-corrected chi connectivity index (χ2v) is 13.1. The van der Waals surface area contributed by atoms with Crippen LogP contribution in [0.2, 0.25) is 0 Å². The van der Waals surface area contributed by atoms with Gasteiger partial charge in [-0.2, -0.15) is 0 Å². The molecule has 10 nitrogen and oxygen atoms in total. The second kappa shape index (κ2) is 10.9. The summed E-state index contributed by atoms with van der Waals surface area (Å²) in [6, 6.07) is 7.28.